The summed E-state index contributed by atoms with van der Waals surface area (Å²) < 4.78 is 5.11. The van der Waals surface area contributed by atoms with Crippen molar-refractivity contribution in [2.75, 3.05) is 46.9 Å². The second-order valence-corrected chi connectivity index (χ2v) is 4.83. The van der Waals surface area contributed by atoms with Crippen molar-refractivity contribution in [3.63, 3.8) is 0 Å². The van der Waals surface area contributed by atoms with Gasteiger partial charge in [-0.1, -0.05) is 0 Å². The summed E-state index contributed by atoms with van der Waals surface area (Å²) in [4.78, 5) is 16.2. The maximum Gasteiger partial charge on any atom is 0.223 e. The van der Waals surface area contributed by atoms with E-state index < -0.39 is 0 Å². The highest BCUT2D eigenvalue weighted by Gasteiger charge is 2.30. The highest BCUT2D eigenvalue weighted by molar-refractivity contribution is 5.77. The van der Waals surface area contributed by atoms with E-state index in [0.717, 1.165) is 26.2 Å². The number of carbonyl (C=O) groups is 1. The highest BCUT2D eigenvalue weighted by atomic mass is 16.5. The second-order valence-electron chi connectivity index (χ2n) is 4.83. The van der Waals surface area contributed by atoms with Gasteiger partial charge in [-0.2, -0.15) is 0 Å². The number of ether oxygens (including phenoxy) is 1. The molecule has 2 heterocycles. The second kappa shape index (κ2) is 5.77. The van der Waals surface area contributed by atoms with E-state index in [-0.39, 0.29) is 18.2 Å². The minimum absolute atomic E-state index is 0.0369. The van der Waals surface area contributed by atoms with Gasteiger partial charge in [0.15, 0.2) is 0 Å². The van der Waals surface area contributed by atoms with Gasteiger partial charge in [-0.3, -0.25) is 15.0 Å². The number of amides is 1. The minimum Gasteiger partial charge on any atom is -0.383 e. The fourth-order valence-electron chi connectivity index (χ4n) is 2.34. The lowest BCUT2D eigenvalue weighted by Crippen LogP contribution is -2.67. The number of rotatable bonds is 3. The molecule has 0 aromatic carbocycles. The van der Waals surface area contributed by atoms with E-state index in [1.54, 1.807) is 7.11 Å². The van der Waals surface area contributed by atoms with Crippen LogP contribution in [-0.4, -0.2) is 75.0 Å². The molecule has 6 nitrogen and oxygen atoms in total. The Labute approximate surface area is 102 Å². The summed E-state index contributed by atoms with van der Waals surface area (Å²) in [6, 6.07) is 0.124. The summed E-state index contributed by atoms with van der Waals surface area (Å²) in [6.45, 7) is 4.63. The van der Waals surface area contributed by atoms with Crippen LogP contribution in [0.25, 0.3) is 0 Å². The van der Waals surface area contributed by atoms with Crippen LogP contribution in [0.2, 0.25) is 0 Å². The van der Waals surface area contributed by atoms with Crippen LogP contribution >= 0.6 is 0 Å². The van der Waals surface area contributed by atoms with Gasteiger partial charge in [0.25, 0.3) is 0 Å². The summed E-state index contributed by atoms with van der Waals surface area (Å²) >= 11 is 0. The molecule has 2 atom stereocenters. The molecule has 2 N–H and O–H groups in total. The number of nitrogens with zero attached hydrogens (tertiary/aromatic N) is 2. The van der Waals surface area contributed by atoms with Crippen LogP contribution in [0.3, 0.4) is 0 Å². The molecule has 2 rings (SSSR count). The van der Waals surface area contributed by atoms with Crippen LogP contribution in [0.15, 0.2) is 0 Å². The highest BCUT2D eigenvalue weighted by Crippen LogP contribution is 2.08. The Bertz CT molecular complexity index is 266. The molecule has 0 aromatic rings. The van der Waals surface area contributed by atoms with Crippen molar-refractivity contribution in [1.29, 1.82) is 0 Å². The predicted octanol–water partition coefficient (Wildman–Crippen LogP) is -1.36. The smallest absolute Gasteiger partial charge is 0.223 e. The Morgan fingerprint density at radius 2 is 2.06 bits per heavy atom. The van der Waals surface area contributed by atoms with Crippen molar-refractivity contribution < 1.29 is 9.53 Å². The average molecular weight is 242 g/mol. The molecule has 2 saturated heterocycles. The number of methoxy groups -OCH3 is 1. The molecule has 0 radical (unpaired) electrons. The van der Waals surface area contributed by atoms with Gasteiger partial charge in [0.1, 0.15) is 6.29 Å². The van der Waals surface area contributed by atoms with Gasteiger partial charge in [0, 0.05) is 45.8 Å². The van der Waals surface area contributed by atoms with Crippen molar-refractivity contribution in [3.05, 3.63) is 0 Å². The molecule has 2 fully saturated rings. The zero-order chi connectivity index (χ0) is 12.3. The molecule has 2 aliphatic rings. The topological polar surface area (TPSA) is 56.8 Å². The first-order valence-electron chi connectivity index (χ1n) is 6.16. The number of hydrogen-bond acceptors (Lipinski definition) is 5. The lowest BCUT2D eigenvalue weighted by molar-refractivity contribution is -0.128. The van der Waals surface area contributed by atoms with Crippen LogP contribution in [0, 0.1) is 0 Å². The van der Waals surface area contributed by atoms with E-state index in [9.17, 15) is 4.79 Å². The molecule has 0 aliphatic carbocycles. The number of carbonyl (C=O) groups excluding carboxylic acids is 1. The number of piperazine rings is 1. The molecular weight excluding hydrogens is 220 g/mol. The van der Waals surface area contributed by atoms with Crippen molar-refractivity contribution >= 4 is 5.91 Å². The summed E-state index contributed by atoms with van der Waals surface area (Å²) in [5, 5.41) is 6.41. The lowest BCUT2D eigenvalue weighted by Gasteiger charge is -2.42. The average Bonchev–Trinajstić information content (AvgIpc) is 2.29. The fourth-order valence-corrected chi connectivity index (χ4v) is 2.34. The molecule has 2 unspecified atom stereocenters. The third-order valence-corrected chi connectivity index (χ3v) is 3.39. The number of hydrogen-bond donors (Lipinski definition) is 2. The van der Waals surface area contributed by atoms with Crippen LogP contribution in [0.5, 0.6) is 0 Å². The molecule has 0 aromatic heterocycles. The van der Waals surface area contributed by atoms with Gasteiger partial charge in [-0.15, -0.1) is 0 Å². The SMILES string of the molecule is COCC1CC(=O)NC(N2CCN(C)CC2)N1. The van der Waals surface area contributed by atoms with Crippen LogP contribution in [0.4, 0.5) is 0 Å². The first kappa shape index (κ1) is 12.8. The van der Waals surface area contributed by atoms with Gasteiger partial charge in [-0.25, -0.2) is 0 Å². The van der Waals surface area contributed by atoms with Gasteiger partial charge < -0.3 is 15.0 Å². The normalized spacial score (nSPS) is 32.5. The van der Waals surface area contributed by atoms with E-state index in [0.29, 0.717) is 13.0 Å². The van der Waals surface area contributed by atoms with Crippen molar-refractivity contribution in [1.82, 2.24) is 20.4 Å². The standard InChI is InChI=1S/C11H22N4O2/c1-14-3-5-15(6-4-14)11-12-9(8-17-2)7-10(16)13-11/h9,11-12H,3-8H2,1-2H3,(H,13,16). The summed E-state index contributed by atoms with van der Waals surface area (Å²) in [5.74, 6) is 0.106. The van der Waals surface area contributed by atoms with Crippen molar-refractivity contribution in [2.24, 2.45) is 0 Å². The summed E-state index contributed by atoms with van der Waals surface area (Å²) in [6.07, 6.45) is 0.461. The van der Waals surface area contributed by atoms with Crippen LogP contribution in [-0.2, 0) is 9.53 Å². The Kier molecular flexibility index (Phi) is 4.33. The zero-order valence-electron chi connectivity index (χ0n) is 10.6. The Balaban J connectivity index is 1.88. The molecular formula is C11H22N4O2. The first-order chi connectivity index (χ1) is 8.19. The largest absolute Gasteiger partial charge is 0.383 e. The van der Waals surface area contributed by atoms with E-state index >= 15 is 0 Å². The fraction of sp³-hybridized carbons (Fsp3) is 0.909. The molecule has 17 heavy (non-hydrogen) atoms. The maximum atomic E-state index is 11.6. The van der Waals surface area contributed by atoms with E-state index in [2.05, 4.69) is 27.5 Å². The Morgan fingerprint density at radius 3 is 2.71 bits per heavy atom. The van der Waals surface area contributed by atoms with E-state index in [4.69, 9.17) is 4.74 Å². The third-order valence-electron chi connectivity index (χ3n) is 3.39. The molecule has 1 amide bonds. The van der Waals surface area contributed by atoms with Gasteiger partial charge in [0.05, 0.1) is 6.61 Å². The molecule has 2 aliphatic heterocycles. The molecule has 0 spiro atoms. The molecule has 6 heteroatoms. The van der Waals surface area contributed by atoms with Crippen molar-refractivity contribution in [3.8, 4) is 0 Å². The van der Waals surface area contributed by atoms with Gasteiger partial charge in [0.2, 0.25) is 5.91 Å². The third kappa shape index (κ3) is 3.38. The van der Waals surface area contributed by atoms with Gasteiger partial charge >= 0.3 is 0 Å². The predicted molar refractivity (Wildman–Crippen MR) is 64.4 cm³/mol. The molecule has 98 valence electrons. The minimum atomic E-state index is -0.0369. The van der Waals surface area contributed by atoms with E-state index in [1.807, 2.05) is 0 Å². The van der Waals surface area contributed by atoms with Crippen LogP contribution < -0.4 is 10.6 Å². The van der Waals surface area contributed by atoms with Crippen LogP contribution in [0.1, 0.15) is 6.42 Å². The maximum absolute atomic E-state index is 11.6. The van der Waals surface area contributed by atoms with Crippen molar-refractivity contribution in [2.45, 2.75) is 18.8 Å². The number of likely N-dealkylation sites (N-methyl/N-ethyl adjacent to an activating group) is 1. The monoisotopic (exact) mass is 242 g/mol. The zero-order valence-corrected chi connectivity index (χ0v) is 10.6. The Hall–Kier alpha value is -0.690. The lowest BCUT2D eigenvalue weighted by atomic mass is 10.1. The summed E-state index contributed by atoms with van der Waals surface area (Å²) in [5.41, 5.74) is 0. The quantitative estimate of drug-likeness (QED) is 0.640. The Morgan fingerprint density at radius 1 is 1.35 bits per heavy atom. The van der Waals surface area contributed by atoms with Gasteiger partial charge in [-0.05, 0) is 7.05 Å². The molecule has 0 bridgehead atoms. The molecule has 0 saturated carbocycles. The number of nitrogens with one attached hydrogen (secondary N) is 2. The summed E-state index contributed by atoms with van der Waals surface area (Å²) in [7, 11) is 3.79. The van der Waals surface area contributed by atoms with E-state index in [1.165, 1.54) is 0 Å². The first-order valence-corrected chi connectivity index (χ1v) is 6.16.